The highest BCUT2D eigenvalue weighted by Gasteiger charge is 2.15. The molecule has 2 aliphatic heterocycles. The maximum atomic E-state index is 3.69. The fraction of sp³-hybridized carbons (Fsp3) is 1.00. The molecule has 0 spiro atoms. The van der Waals surface area contributed by atoms with Crippen molar-refractivity contribution in [3.8, 4) is 0 Å². The maximum Gasteiger partial charge on any atom is 0.0194 e. The SMILES string of the molecule is CN(CCN1CCCC1)CC1CCCCCN1. The predicted octanol–water partition coefficient (Wildman–Crippen LogP) is 1.55. The minimum Gasteiger partial charge on any atom is -0.313 e. The molecule has 2 heterocycles. The zero-order chi connectivity index (χ0) is 11.9. The van der Waals surface area contributed by atoms with Crippen LogP contribution in [0.25, 0.3) is 0 Å². The molecule has 2 rings (SSSR count). The van der Waals surface area contributed by atoms with Gasteiger partial charge >= 0.3 is 0 Å². The predicted molar refractivity (Wildman–Crippen MR) is 73.4 cm³/mol. The van der Waals surface area contributed by atoms with E-state index < -0.39 is 0 Å². The maximum absolute atomic E-state index is 3.69. The van der Waals surface area contributed by atoms with Crippen molar-refractivity contribution in [2.45, 2.75) is 44.6 Å². The van der Waals surface area contributed by atoms with Crippen LogP contribution in [0.3, 0.4) is 0 Å². The third-order valence-corrected chi connectivity index (χ3v) is 4.19. The number of nitrogens with zero attached hydrogens (tertiary/aromatic N) is 2. The van der Waals surface area contributed by atoms with Crippen LogP contribution in [-0.4, -0.2) is 62.2 Å². The zero-order valence-corrected chi connectivity index (χ0v) is 11.5. The number of hydrogen-bond acceptors (Lipinski definition) is 3. The number of rotatable bonds is 5. The summed E-state index contributed by atoms with van der Waals surface area (Å²) in [6, 6.07) is 0.737. The van der Waals surface area contributed by atoms with Gasteiger partial charge in [-0.25, -0.2) is 0 Å². The van der Waals surface area contributed by atoms with Crippen LogP contribution in [0.15, 0.2) is 0 Å². The summed E-state index contributed by atoms with van der Waals surface area (Å²) in [6.07, 6.45) is 8.39. The molecule has 0 aliphatic carbocycles. The smallest absolute Gasteiger partial charge is 0.0194 e. The molecule has 0 bridgehead atoms. The fourth-order valence-electron chi connectivity index (χ4n) is 3.04. The molecule has 0 amide bonds. The molecule has 3 heteroatoms. The molecule has 100 valence electrons. The molecule has 0 aromatic carbocycles. The van der Waals surface area contributed by atoms with Crippen LogP contribution < -0.4 is 5.32 Å². The van der Waals surface area contributed by atoms with E-state index >= 15 is 0 Å². The van der Waals surface area contributed by atoms with E-state index in [-0.39, 0.29) is 0 Å². The Morgan fingerprint density at radius 3 is 2.76 bits per heavy atom. The van der Waals surface area contributed by atoms with E-state index in [4.69, 9.17) is 0 Å². The van der Waals surface area contributed by atoms with Crippen molar-refractivity contribution < 1.29 is 0 Å². The van der Waals surface area contributed by atoms with Gasteiger partial charge in [0.2, 0.25) is 0 Å². The molecule has 1 unspecified atom stereocenters. The van der Waals surface area contributed by atoms with Crippen LogP contribution in [0.1, 0.15) is 38.5 Å². The van der Waals surface area contributed by atoms with Gasteiger partial charge in [-0.15, -0.1) is 0 Å². The molecular weight excluding hydrogens is 210 g/mol. The number of hydrogen-bond donors (Lipinski definition) is 1. The Labute approximate surface area is 107 Å². The highest BCUT2D eigenvalue weighted by molar-refractivity contribution is 4.75. The van der Waals surface area contributed by atoms with Crippen molar-refractivity contribution >= 4 is 0 Å². The standard InChI is InChI=1S/C14H29N3/c1-16(11-12-17-9-5-6-10-17)13-14-7-3-2-4-8-15-14/h14-15H,2-13H2,1H3. The van der Waals surface area contributed by atoms with Crippen LogP contribution in [0.5, 0.6) is 0 Å². The van der Waals surface area contributed by atoms with Gasteiger partial charge in [0.25, 0.3) is 0 Å². The van der Waals surface area contributed by atoms with Crippen molar-refractivity contribution in [1.29, 1.82) is 0 Å². The van der Waals surface area contributed by atoms with Gasteiger partial charge in [-0.1, -0.05) is 12.8 Å². The van der Waals surface area contributed by atoms with E-state index in [0.29, 0.717) is 0 Å². The van der Waals surface area contributed by atoms with E-state index in [9.17, 15) is 0 Å². The molecule has 2 saturated heterocycles. The van der Waals surface area contributed by atoms with Crippen molar-refractivity contribution in [3.63, 3.8) is 0 Å². The summed E-state index contributed by atoms with van der Waals surface area (Å²) in [5, 5.41) is 3.69. The largest absolute Gasteiger partial charge is 0.313 e. The van der Waals surface area contributed by atoms with Gasteiger partial charge < -0.3 is 15.1 Å². The van der Waals surface area contributed by atoms with Gasteiger partial charge in [-0.2, -0.15) is 0 Å². The van der Waals surface area contributed by atoms with Gasteiger partial charge in [0.05, 0.1) is 0 Å². The van der Waals surface area contributed by atoms with Crippen LogP contribution in [0, 0.1) is 0 Å². The summed E-state index contributed by atoms with van der Waals surface area (Å²) in [6.45, 7) is 7.62. The van der Waals surface area contributed by atoms with Gasteiger partial charge in [-0.05, 0) is 52.4 Å². The Morgan fingerprint density at radius 2 is 1.94 bits per heavy atom. The summed E-state index contributed by atoms with van der Waals surface area (Å²) in [4.78, 5) is 5.12. The molecule has 0 radical (unpaired) electrons. The summed E-state index contributed by atoms with van der Waals surface area (Å²) in [5.41, 5.74) is 0. The first-order valence-corrected chi connectivity index (χ1v) is 7.49. The Morgan fingerprint density at radius 1 is 1.12 bits per heavy atom. The average molecular weight is 239 g/mol. The van der Waals surface area contributed by atoms with Gasteiger partial charge in [0, 0.05) is 25.7 Å². The molecule has 0 saturated carbocycles. The van der Waals surface area contributed by atoms with Crippen LogP contribution in [0.4, 0.5) is 0 Å². The van der Waals surface area contributed by atoms with Crippen molar-refractivity contribution in [2.75, 3.05) is 46.3 Å². The minimum absolute atomic E-state index is 0.737. The second kappa shape index (κ2) is 7.34. The lowest BCUT2D eigenvalue weighted by Crippen LogP contribution is -2.41. The third kappa shape index (κ3) is 4.94. The summed E-state index contributed by atoms with van der Waals surface area (Å²) in [7, 11) is 2.28. The topological polar surface area (TPSA) is 18.5 Å². The molecule has 17 heavy (non-hydrogen) atoms. The zero-order valence-electron chi connectivity index (χ0n) is 11.5. The second-order valence-electron chi connectivity index (χ2n) is 5.81. The Kier molecular flexibility index (Phi) is 5.75. The lowest BCUT2D eigenvalue weighted by Gasteiger charge is -2.25. The van der Waals surface area contributed by atoms with E-state index in [2.05, 4.69) is 22.2 Å². The summed E-state index contributed by atoms with van der Waals surface area (Å²) >= 11 is 0. The molecule has 0 aromatic heterocycles. The first kappa shape index (κ1) is 13.3. The monoisotopic (exact) mass is 239 g/mol. The fourth-order valence-corrected chi connectivity index (χ4v) is 3.04. The number of likely N-dealkylation sites (tertiary alicyclic amines) is 1. The first-order valence-electron chi connectivity index (χ1n) is 7.49. The Bertz CT molecular complexity index is 194. The van der Waals surface area contributed by atoms with Crippen molar-refractivity contribution in [2.24, 2.45) is 0 Å². The van der Waals surface area contributed by atoms with Gasteiger partial charge in [0.1, 0.15) is 0 Å². The Balaban J connectivity index is 1.59. The van der Waals surface area contributed by atoms with Gasteiger partial charge in [-0.3, -0.25) is 0 Å². The van der Waals surface area contributed by atoms with E-state index in [1.54, 1.807) is 0 Å². The average Bonchev–Trinajstić information content (AvgIpc) is 2.72. The summed E-state index contributed by atoms with van der Waals surface area (Å²) < 4.78 is 0. The molecule has 2 aliphatic rings. The van der Waals surface area contributed by atoms with E-state index in [1.807, 2.05) is 0 Å². The molecule has 2 fully saturated rings. The third-order valence-electron chi connectivity index (χ3n) is 4.19. The van der Waals surface area contributed by atoms with Crippen molar-refractivity contribution in [3.05, 3.63) is 0 Å². The highest BCUT2D eigenvalue weighted by Crippen LogP contribution is 2.10. The van der Waals surface area contributed by atoms with Crippen molar-refractivity contribution in [1.82, 2.24) is 15.1 Å². The lowest BCUT2D eigenvalue weighted by molar-refractivity contribution is 0.236. The number of nitrogens with one attached hydrogen (secondary N) is 1. The molecule has 3 nitrogen and oxygen atoms in total. The lowest BCUT2D eigenvalue weighted by atomic mass is 10.1. The molecule has 1 N–H and O–H groups in total. The number of likely N-dealkylation sites (N-methyl/N-ethyl adjacent to an activating group) is 1. The van der Waals surface area contributed by atoms with E-state index in [1.165, 1.54) is 77.8 Å². The van der Waals surface area contributed by atoms with E-state index in [0.717, 1.165) is 6.04 Å². The first-order chi connectivity index (χ1) is 8.34. The second-order valence-corrected chi connectivity index (χ2v) is 5.81. The van der Waals surface area contributed by atoms with Crippen LogP contribution in [-0.2, 0) is 0 Å². The Hall–Kier alpha value is -0.120. The molecular formula is C14H29N3. The minimum atomic E-state index is 0.737. The van der Waals surface area contributed by atoms with Crippen LogP contribution >= 0.6 is 0 Å². The van der Waals surface area contributed by atoms with Crippen LogP contribution in [0.2, 0.25) is 0 Å². The van der Waals surface area contributed by atoms with Gasteiger partial charge in [0.15, 0.2) is 0 Å². The summed E-state index contributed by atoms with van der Waals surface area (Å²) in [5.74, 6) is 0. The quantitative estimate of drug-likeness (QED) is 0.785. The molecule has 0 aromatic rings. The molecule has 1 atom stereocenters. The highest BCUT2D eigenvalue weighted by atomic mass is 15.2. The normalized spacial score (nSPS) is 27.5.